The van der Waals surface area contributed by atoms with Crippen molar-refractivity contribution in [3.63, 3.8) is 0 Å². The molecule has 0 aromatic carbocycles. The molecule has 3 heterocycles. The monoisotopic (exact) mass is 502 g/mol. The summed E-state index contributed by atoms with van der Waals surface area (Å²) in [5.41, 5.74) is 1.17. The molecule has 8 heteroatoms. The highest BCUT2D eigenvalue weighted by molar-refractivity contribution is 14.0. The first-order valence-corrected chi connectivity index (χ1v) is 9.57. The highest BCUT2D eigenvalue weighted by atomic mass is 127. The highest BCUT2D eigenvalue weighted by Gasteiger charge is 2.12. The lowest BCUT2D eigenvalue weighted by Crippen LogP contribution is -2.41. The lowest BCUT2D eigenvalue weighted by atomic mass is 10.2. The van der Waals surface area contributed by atoms with E-state index in [9.17, 15) is 0 Å². The van der Waals surface area contributed by atoms with Crippen molar-refractivity contribution >= 4 is 29.9 Å². The first-order valence-electron chi connectivity index (χ1n) is 9.57. The zero-order chi connectivity index (χ0) is 18.9. The fraction of sp³-hybridized carbons (Fsp3) is 0.550. The van der Waals surface area contributed by atoms with Crippen LogP contribution >= 0.6 is 24.0 Å². The molecule has 7 nitrogen and oxygen atoms in total. The molecule has 1 N–H and O–H groups in total. The van der Waals surface area contributed by atoms with Gasteiger partial charge in [0.25, 0.3) is 0 Å². The van der Waals surface area contributed by atoms with Crippen molar-refractivity contribution in [2.75, 3.05) is 53.0 Å². The smallest absolute Gasteiger partial charge is 0.194 e. The first kappa shape index (κ1) is 22.8. The Morgan fingerprint density at radius 2 is 2.04 bits per heavy atom. The van der Waals surface area contributed by atoms with Gasteiger partial charge in [-0.3, -0.25) is 9.89 Å². The first-order chi connectivity index (χ1) is 13.2. The summed E-state index contributed by atoms with van der Waals surface area (Å²) in [7, 11) is 2.06. The summed E-state index contributed by atoms with van der Waals surface area (Å²) in [6.45, 7) is 8.84. The third-order valence-corrected chi connectivity index (χ3v) is 4.75. The quantitative estimate of drug-likeness (QED) is 0.340. The van der Waals surface area contributed by atoms with E-state index in [2.05, 4.69) is 22.2 Å². The Morgan fingerprint density at radius 3 is 2.71 bits per heavy atom. The van der Waals surface area contributed by atoms with Crippen LogP contribution in [0, 0.1) is 6.92 Å². The summed E-state index contributed by atoms with van der Waals surface area (Å²) in [5.74, 6) is 2.82. The Balaban J connectivity index is 0.00000280. The van der Waals surface area contributed by atoms with Crippen molar-refractivity contribution in [2.45, 2.75) is 19.9 Å². The van der Waals surface area contributed by atoms with Crippen molar-refractivity contribution in [2.24, 2.45) is 4.99 Å². The third kappa shape index (κ3) is 7.14. The fourth-order valence-corrected chi connectivity index (χ4v) is 3.09. The Labute approximate surface area is 184 Å². The second-order valence-corrected chi connectivity index (χ2v) is 6.77. The molecule has 0 atom stereocenters. The van der Waals surface area contributed by atoms with E-state index in [1.54, 1.807) is 12.5 Å². The molecule has 2 aromatic rings. The van der Waals surface area contributed by atoms with E-state index >= 15 is 0 Å². The van der Waals surface area contributed by atoms with E-state index < -0.39 is 0 Å². The van der Waals surface area contributed by atoms with Gasteiger partial charge in [-0.05, 0) is 25.1 Å². The molecule has 1 aliphatic heterocycles. The van der Waals surface area contributed by atoms with Crippen LogP contribution in [0.4, 0.5) is 0 Å². The average Bonchev–Trinajstić information content (AvgIpc) is 3.33. The van der Waals surface area contributed by atoms with Gasteiger partial charge in [0.1, 0.15) is 11.5 Å². The molecule has 0 aliphatic carbocycles. The summed E-state index contributed by atoms with van der Waals surface area (Å²) in [4.78, 5) is 9.37. The van der Waals surface area contributed by atoms with E-state index in [0.717, 1.165) is 76.4 Å². The number of guanidine groups is 1. The molecule has 2 aromatic heterocycles. The predicted molar refractivity (Wildman–Crippen MR) is 120 cm³/mol. The van der Waals surface area contributed by atoms with Gasteiger partial charge in [0.15, 0.2) is 5.96 Å². The van der Waals surface area contributed by atoms with Gasteiger partial charge >= 0.3 is 0 Å². The van der Waals surface area contributed by atoms with Crippen LogP contribution in [0.2, 0.25) is 0 Å². The highest BCUT2D eigenvalue weighted by Crippen LogP contribution is 2.11. The molecule has 0 saturated carbocycles. The van der Waals surface area contributed by atoms with Crippen molar-refractivity contribution in [3.8, 4) is 0 Å². The zero-order valence-corrected chi connectivity index (χ0v) is 19.1. The average molecular weight is 502 g/mol. The molecule has 0 radical (unpaired) electrons. The van der Waals surface area contributed by atoms with Crippen LogP contribution in [-0.2, 0) is 17.7 Å². The molecular weight excluding hydrogens is 471 g/mol. The molecule has 0 bridgehead atoms. The minimum atomic E-state index is 0. The standard InChI is InChI=1S/C20H30N4O3.HI/c1-17-18(6-13-26-17)16-23(2)20(21-7-5-19-4-3-12-27-19)22-8-9-24-10-14-25-15-11-24;/h3-4,6,12-13H,5,7-11,14-16H2,1-2H3,(H,21,22);1H. The van der Waals surface area contributed by atoms with Crippen LogP contribution in [0.25, 0.3) is 0 Å². The van der Waals surface area contributed by atoms with Gasteiger partial charge in [-0.25, -0.2) is 0 Å². The maximum atomic E-state index is 5.42. The summed E-state index contributed by atoms with van der Waals surface area (Å²) in [5, 5.41) is 3.47. The second kappa shape index (κ2) is 12.1. The van der Waals surface area contributed by atoms with E-state index in [0.29, 0.717) is 0 Å². The molecule has 1 saturated heterocycles. The molecule has 0 unspecified atom stereocenters. The van der Waals surface area contributed by atoms with E-state index in [4.69, 9.17) is 18.6 Å². The van der Waals surface area contributed by atoms with Crippen LogP contribution in [-0.4, -0.2) is 68.7 Å². The number of aliphatic imine (C=N–C) groups is 1. The Kier molecular flexibility index (Phi) is 9.86. The number of nitrogens with one attached hydrogen (secondary N) is 1. The summed E-state index contributed by atoms with van der Waals surface area (Å²) in [6, 6.07) is 5.93. The van der Waals surface area contributed by atoms with Gasteiger partial charge in [0, 0.05) is 51.8 Å². The Bertz CT molecular complexity index is 696. The molecule has 0 spiro atoms. The van der Waals surface area contributed by atoms with Crippen LogP contribution in [0.3, 0.4) is 0 Å². The SMILES string of the molecule is Cc1occc1CN(C)C(=NCCN1CCOCC1)NCCc1ccco1.I. The Hall–Kier alpha value is -1.52. The second-order valence-electron chi connectivity index (χ2n) is 6.77. The van der Waals surface area contributed by atoms with Crippen molar-refractivity contribution < 1.29 is 13.6 Å². The van der Waals surface area contributed by atoms with Crippen molar-refractivity contribution in [1.29, 1.82) is 0 Å². The van der Waals surface area contributed by atoms with E-state index in [1.807, 2.05) is 25.1 Å². The minimum Gasteiger partial charge on any atom is -0.469 e. The van der Waals surface area contributed by atoms with Crippen LogP contribution < -0.4 is 5.32 Å². The normalized spacial score (nSPS) is 15.3. The maximum Gasteiger partial charge on any atom is 0.194 e. The van der Waals surface area contributed by atoms with Gasteiger partial charge in [0.05, 0.1) is 32.3 Å². The number of furan rings is 2. The summed E-state index contributed by atoms with van der Waals surface area (Å²) < 4.78 is 16.2. The number of aryl methyl sites for hydroxylation is 1. The van der Waals surface area contributed by atoms with Gasteiger partial charge in [-0.15, -0.1) is 24.0 Å². The molecule has 28 heavy (non-hydrogen) atoms. The topological polar surface area (TPSA) is 66.4 Å². The van der Waals surface area contributed by atoms with Crippen molar-refractivity contribution in [1.82, 2.24) is 15.1 Å². The largest absolute Gasteiger partial charge is 0.469 e. The molecular formula is C20H31IN4O3. The lowest BCUT2D eigenvalue weighted by Gasteiger charge is -2.26. The number of hydrogen-bond acceptors (Lipinski definition) is 5. The number of halogens is 1. The van der Waals surface area contributed by atoms with Gasteiger partial charge in [-0.1, -0.05) is 0 Å². The number of morpholine rings is 1. The zero-order valence-electron chi connectivity index (χ0n) is 16.7. The van der Waals surface area contributed by atoms with Crippen LogP contribution in [0.5, 0.6) is 0 Å². The number of nitrogens with zero attached hydrogens (tertiary/aromatic N) is 3. The lowest BCUT2D eigenvalue weighted by molar-refractivity contribution is 0.0394. The molecule has 156 valence electrons. The number of hydrogen-bond donors (Lipinski definition) is 1. The Morgan fingerprint density at radius 1 is 1.21 bits per heavy atom. The predicted octanol–water partition coefficient (Wildman–Crippen LogP) is 2.75. The summed E-state index contributed by atoms with van der Waals surface area (Å²) in [6.07, 6.45) is 4.27. The molecule has 1 aliphatic rings. The van der Waals surface area contributed by atoms with E-state index in [-0.39, 0.29) is 24.0 Å². The van der Waals surface area contributed by atoms with Gasteiger partial charge in [-0.2, -0.15) is 0 Å². The fourth-order valence-electron chi connectivity index (χ4n) is 3.09. The maximum absolute atomic E-state index is 5.42. The molecule has 0 amide bonds. The van der Waals surface area contributed by atoms with E-state index in [1.165, 1.54) is 5.56 Å². The third-order valence-electron chi connectivity index (χ3n) is 4.75. The minimum absolute atomic E-state index is 0. The molecule has 3 rings (SSSR count). The molecule has 1 fully saturated rings. The summed E-state index contributed by atoms with van der Waals surface area (Å²) >= 11 is 0. The van der Waals surface area contributed by atoms with Crippen LogP contribution in [0.1, 0.15) is 17.1 Å². The van der Waals surface area contributed by atoms with Gasteiger partial charge < -0.3 is 23.8 Å². The van der Waals surface area contributed by atoms with Gasteiger partial charge in [0.2, 0.25) is 0 Å². The number of rotatable bonds is 8. The van der Waals surface area contributed by atoms with Crippen molar-refractivity contribution in [3.05, 3.63) is 47.8 Å². The number of ether oxygens (including phenoxy) is 1. The van der Waals surface area contributed by atoms with Crippen LogP contribution in [0.15, 0.2) is 44.6 Å².